The highest BCUT2D eigenvalue weighted by molar-refractivity contribution is 5.85. The number of aryl methyl sites for hydroxylation is 1. The third-order valence-electron chi connectivity index (χ3n) is 7.41. The van der Waals surface area contributed by atoms with Crippen LogP contribution >= 0.6 is 0 Å². The van der Waals surface area contributed by atoms with E-state index in [0.717, 1.165) is 58.7 Å². The Hall–Kier alpha value is -1.92. The topological polar surface area (TPSA) is 55.9 Å². The van der Waals surface area contributed by atoms with E-state index >= 15 is 0 Å². The van der Waals surface area contributed by atoms with Crippen LogP contribution in [0.5, 0.6) is 0 Å². The number of nitrogens with zero attached hydrogens (tertiary/aromatic N) is 3. The van der Waals surface area contributed by atoms with E-state index in [1.807, 2.05) is 0 Å². The summed E-state index contributed by atoms with van der Waals surface area (Å²) in [7, 11) is 1.71. The molecule has 6 nitrogen and oxygen atoms in total. The van der Waals surface area contributed by atoms with E-state index in [-0.39, 0.29) is 23.3 Å². The van der Waals surface area contributed by atoms with Gasteiger partial charge in [0.25, 0.3) is 0 Å². The molecule has 1 aliphatic carbocycles. The van der Waals surface area contributed by atoms with E-state index in [1.54, 1.807) is 7.05 Å². The lowest BCUT2D eigenvalue weighted by molar-refractivity contribution is -0.135. The average Bonchev–Trinajstić information content (AvgIpc) is 3.33. The van der Waals surface area contributed by atoms with Gasteiger partial charge in [-0.25, -0.2) is 0 Å². The summed E-state index contributed by atoms with van der Waals surface area (Å²) in [5.74, 6) is 1.02. The molecular formula is C25H38N4O2. The van der Waals surface area contributed by atoms with Crippen molar-refractivity contribution in [3.63, 3.8) is 0 Å². The van der Waals surface area contributed by atoms with Gasteiger partial charge in [0.1, 0.15) is 0 Å². The highest BCUT2D eigenvalue weighted by Gasteiger charge is 2.64. The average molecular weight is 427 g/mol. The van der Waals surface area contributed by atoms with Crippen molar-refractivity contribution in [2.75, 3.05) is 46.3 Å². The molecule has 1 aromatic rings. The molecule has 0 radical (unpaired) electrons. The van der Waals surface area contributed by atoms with Gasteiger partial charge in [-0.3, -0.25) is 19.4 Å². The van der Waals surface area contributed by atoms with Crippen LogP contribution in [0.25, 0.3) is 0 Å². The molecule has 2 aliphatic heterocycles. The molecule has 1 N–H and O–H groups in total. The number of likely N-dealkylation sites (N-methyl/N-ethyl adjacent to an activating group) is 1. The first-order valence-corrected chi connectivity index (χ1v) is 11.8. The first-order valence-electron chi connectivity index (χ1n) is 11.8. The lowest BCUT2D eigenvalue weighted by atomic mass is 9.98. The van der Waals surface area contributed by atoms with Gasteiger partial charge < -0.3 is 10.2 Å². The number of hydrogen-bond acceptors (Lipinski definition) is 4. The molecule has 6 heteroatoms. The number of benzene rings is 1. The maximum Gasteiger partial charge on any atom is 0.237 e. The minimum absolute atomic E-state index is 0.0161. The number of carbonyl (C=O) groups is 2. The first kappa shape index (κ1) is 22.3. The highest BCUT2D eigenvalue weighted by atomic mass is 16.2. The SMILES string of the molecule is CNC(=O)[C@@H]1C[C@@]2(C[C@@H]2C(=O)N2CCN(Cc3ccc(C)cc3)CC2)CN1CC(C)C. The van der Waals surface area contributed by atoms with Crippen molar-refractivity contribution in [2.45, 2.75) is 46.2 Å². The van der Waals surface area contributed by atoms with Gasteiger partial charge in [-0.2, -0.15) is 0 Å². The summed E-state index contributed by atoms with van der Waals surface area (Å²) in [6, 6.07) is 8.64. The van der Waals surface area contributed by atoms with Crippen molar-refractivity contribution < 1.29 is 9.59 Å². The van der Waals surface area contributed by atoms with Crippen LogP contribution in [0.1, 0.15) is 37.8 Å². The number of carbonyl (C=O) groups excluding carboxylic acids is 2. The van der Waals surface area contributed by atoms with Crippen molar-refractivity contribution in [3.8, 4) is 0 Å². The molecule has 2 heterocycles. The first-order chi connectivity index (χ1) is 14.8. The van der Waals surface area contributed by atoms with Gasteiger partial charge in [0.2, 0.25) is 11.8 Å². The Bertz CT molecular complexity index is 800. The maximum absolute atomic E-state index is 13.3. The predicted molar refractivity (Wildman–Crippen MR) is 122 cm³/mol. The second-order valence-electron chi connectivity index (χ2n) is 10.4. The van der Waals surface area contributed by atoms with Gasteiger partial charge in [-0.15, -0.1) is 0 Å². The van der Waals surface area contributed by atoms with Crippen molar-refractivity contribution in [2.24, 2.45) is 17.3 Å². The Balaban J connectivity index is 1.31. The number of hydrogen-bond donors (Lipinski definition) is 1. The molecule has 1 aromatic carbocycles. The van der Waals surface area contributed by atoms with Gasteiger partial charge in [-0.05, 0) is 36.7 Å². The molecule has 3 aliphatic rings. The number of piperazine rings is 1. The zero-order valence-electron chi connectivity index (χ0n) is 19.6. The zero-order chi connectivity index (χ0) is 22.2. The summed E-state index contributed by atoms with van der Waals surface area (Å²) in [4.78, 5) is 32.6. The lowest BCUT2D eigenvalue weighted by Gasteiger charge is -2.35. The Morgan fingerprint density at radius 1 is 1.10 bits per heavy atom. The molecule has 0 unspecified atom stereocenters. The molecule has 3 fully saturated rings. The van der Waals surface area contributed by atoms with Crippen LogP contribution in [-0.4, -0.2) is 78.9 Å². The Kier molecular flexibility index (Phi) is 6.40. The Morgan fingerprint density at radius 2 is 1.77 bits per heavy atom. The highest BCUT2D eigenvalue weighted by Crippen LogP contribution is 2.60. The van der Waals surface area contributed by atoms with Crippen LogP contribution in [0.2, 0.25) is 0 Å². The fourth-order valence-electron chi connectivity index (χ4n) is 5.57. The third-order valence-corrected chi connectivity index (χ3v) is 7.41. The summed E-state index contributed by atoms with van der Waals surface area (Å²) in [5.41, 5.74) is 2.64. The Morgan fingerprint density at radius 3 is 2.39 bits per heavy atom. The van der Waals surface area contributed by atoms with Crippen LogP contribution in [-0.2, 0) is 16.1 Å². The van der Waals surface area contributed by atoms with Crippen molar-refractivity contribution in [1.29, 1.82) is 0 Å². The largest absolute Gasteiger partial charge is 0.358 e. The quantitative estimate of drug-likeness (QED) is 0.757. The van der Waals surface area contributed by atoms with Gasteiger partial charge in [0.05, 0.1) is 6.04 Å². The summed E-state index contributed by atoms with van der Waals surface area (Å²) in [6.45, 7) is 12.7. The van der Waals surface area contributed by atoms with Crippen LogP contribution < -0.4 is 5.32 Å². The fraction of sp³-hybridized carbons (Fsp3) is 0.680. The summed E-state index contributed by atoms with van der Waals surface area (Å²) >= 11 is 0. The zero-order valence-corrected chi connectivity index (χ0v) is 19.6. The summed E-state index contributed by atoms with van der Waals surface area (Å²) < 4.78 is 0. The van der Waals surface area contributed by atoms with Crippen molar-refractivity contribution >= 4 is 11.8 Å². The monoisotopic (exact) mass is 426 g/mol. The van der Waals surface area contributed by atoms with E-state index in [1.165, 1.54) is 11.1 Å². The van der Waals surface area contributed by atoms with Crippen LogP contribution in [0.4, 0.5) is 0 Å². The van der Waals surface area contributed by atoms with E-state index in [0.29, 0.717) is 11.8 Å². The molecule has 2 amide bonds. The number of likely N-dealkylation sites (tertiary alicyclic amines) is 1. The van der Waals surface area contributed by atoms with Crippen LogP contribution in [0.15, 0.2) is 24.3 Å². The van der Waals surface area contributed by atoms with Crippen molar-refractivity contribution in [1.82, 2.24) is 20.0 Å². The molecule has 1 spiro atoms. The molecule has 0 bridgehead atoms. The second kappa shape index (κ2) is 8.91. The fourth-order valence-corrected chi connectivity index (χ4v) is 5.57. The summed E-state index contributed by atoms with van der Waals surface area (Å²) in [5, 5.41) is 2.83. The minimum Gasteiger partial charge on any atom is -0.358 e. The molecule has 31 heavy (non-hydrogen) atoms. The maximum atomic E-state index is 13.3. The van der Waals surface area contributed by atoms with Crippen LogP contribution in [0.3, 0.4) is 0 Å². The molecule has 1 saturated carbocycles. The van der Waals surface area contributed by atoms with Gasteiger partial charge >= 0.3 is 0 Å². The number of rotatable bonds is 6. The Labute approximate surface area is 187 Å². The van der Waals surface area contributed by atoms with Gasteiger partial charge in [0.15, 0.2) is 0 Å². The second-order valence-corrected chi connectivity index (χ2v) is 10.4. The smallest absolute Gasteiger partial charge is 0.237 e. The van der Waals surface area contributed by atoms with E-state index in [9.17, 15) is 9.59 Å². The van der Waals surface area contributed by atoms with E-state index in [4.69, 9.17) is 0 Å². The predicted octanol–water partition coefficient (Wildman–Crippen LogP) is 2.12. The molecule has 170 valence electrons. The van der Waals surface area contributed by atoms with E-state index < -0.39 is 0 Å². The molecule has 2 saturated heterocycles. The number of amides is 2. The molecule has 0 aromatic heterocycles. The number of nitrogens with one attached hydrogen (secondary N) is 1. The van der Waals surface area contributed by atoms with Gasteiger partial charge in [0, 0.05) is 58.8 Å². The normalized spacial score (nSPS) is 29.0. The van der Waals surface area contributed by atoms with Crippen molar-refractivity contribution in [3.05, 3.63) is 35.4 Å². The molecule has 4 rings (SSSR count). The van der Waals surface area contributed by atoms with Gasteiger partial charge in [-0.1, -0.05) is 43.7 Å². The summed E-state index contributed by atoms with van der Waals surface area (Å²) in [6.07, 6.45) is 1.76. The lowest BCUT2D eigenvalue weighted by Crippen LogP contribution is -2.49. The standard InChI is InChI=1S/C25H38N4O2/c1-18(2)15-29-17-25(14-22(29)23(30)26-4)13-21(25)24(31)28-11-9-27(10-12-28)16-20-7-5-19(3)6-8-20/h5-8,18,21-22H,9-17H2,1-4H3,(H,26,30)/t21-,22+,25+/m1/s1. The minimum atomic E-state index is -0.0865. The molecule has 3 atom stereocenters. The third kappa shape index (κ3) is 4.80. The van der Waals surface area contributed by atoms with E-state index in [2.05, 4.69) is 65.1 Å². The van der Waals surface area contributed by atoms with Crippen LogP contribution in [0, 0.1) is 24.2 Å². The molecular weight excluding hydrogens is 388 g/mol.